The molecule has 0 radical (unpaired) electrons. The van der Waals surface area contributed by atoms with Gasteiger partial charge in [-0.05, 0) is 84.6 Å². The van der Waals surface area contributed by atoms with E-state index < -0.39 is 34.9 Å². The Morgan fingerprint density at radius 3 is 1.54 bits per heavy atom. The Kier molecular flexibility index (Phi) is 17.4. The van der Waals surface area contributed by atoms with Crippen LogP contribution in [0.4, 0.5) is 26.3 Å². The SMILES string of the molecule is COc1cccc(-c2c(C)c(Cc3c(F)cccc3F)c3n(c2=O)C(CN2CCOCC2)CS3)c1F.COc1cccc(-c2c(C)c(Cc3c(F)cccc3F)c3n(c2=O)C(CNCCOc2ccccc2)CS3)c1F. The van der Waals surface area contributed by atoms with Crippen LogP contribution in [-0.4, -0.2) is 92.3 Å². The molecule has 76 heavy (non-hydrogen) atoms. The van der Waals surface area contributed by atoms with Crippen molar-refractivity contribution in [2.24, 2.45) is 0 Å². The summed E-state index contributed by atoms with van der Waals surface area (Å²) in [6, 6.07) is 25.9. The van der Waals surface area contributed by atoms with Crippen LogP contribution in [-0.2, 0) is 17.6 Å². The van der Waals surface area contributed by atoms with Crippen molar-refractivity contribution >= 4 is 23.5 Å². The Hall–Kier alpha value is -6.44. The smallest absolute Gasteiger partial charge is 0.260 e. The van der Waals surface area contributed by atoms with Gasteiger partial charge in [-0.15, -0.1) is 23.5 Å². The summed E-state index contributed by atoms with van der Waals surface area (Å²) in [6.45, 7) is 8.33. The molecule has 0 spiro atoms. The average molecular weight is 1080 g/mol. The second-order valence-corrected chi connectivity index (χ2v) is 20.5. The number of hydrogen-bond acceptors (Lipinski definition) is 10. The Morgan fingerprint density at radius 2 is 1.05 bits per heavy atom. The lowest BCUT2D eigenvalue weighted by atomic mass is 9.94. The highest BCUT2D eigenvalue weighted by Crippen LogP contribution is 2.43. The number of pyridine rings is 2. The molecular weight excluding hydrogens is 1030 g/mol. The van der Waals surface area contributed by atoms with E-state index in [4.69, 9.17) is 18.9 Å². The molecule has 0 aliphatic carbocycles. The van der Waals surface area contributed by atoms with Crippen molar-refractivity contribution in [1.29, 1.82) is 0 Å². The molecule has 1 saturated heterocycles. The molecule has 7 aromatic rings. The Morgan fingerprint density at radius 1 is 0.592 bits per heavy atom. The fourth-order valence-corrected chi connectivity index (χ4v) is 12.8. The minimum absolute atomic E-state index is 0.00880. The van der Waals surface area contributed by atoms with E-state index in [-0.39, 0.29) is 80.9 Å². The van der Waals surface area contributed by atoms with E-state index >= 15 is 8.78 Å². The van der Waals surface area contributed by atoms with Crippen molar-refractivity contribution in [3.05, 3.63) is 192 Å². The van der Waals surface area contributed by atoms with Gasteiger partial charge in [-0.25, -0.2) is 26.3 Å². The number of methoxy groups -OCH3 is 2. The van der Waals surface area contributed by atoms with Gasteiger partial charge in [0.2, 0.25) is 0 Å². The van der Waals surface area contributed by atoms with E-state index in [2.05, 4.69) is 10.2 Å². The molecule has 10 rings (SSSR count). The Bertz CT molecular complexity index is 3330. The quantitative estimate of drug-likeness (QED) is 0.0745. The molecule has 1 N–H and O–H groups in total. The molecule has 18 heteroatoms. The second-order valence-electron chi connectivity index (χ2n) is 18.5. The van der Waals surface area contributed by atoms with Crippen molar-refractivity contribution in [2.75, 3.05) is 78.3 Å². The van der Waals surface area contributed by atoms with Crippen molar-refractivity contribution in [2.45, 2.75) is 48.8 Å². The molecule has 398 valence electrons. The number of nitrogens with one attached hydrogen (secondary N) is 1. The maximum atomic E-state index is 15.5. The first-order valence-electron chi connectivity index (χ1n) is 24.8. The highest BCUT2D eigenvalue weighted by atomic mass is 32.2. The number of fused-ring (bicyclic) bond motifs is 2. The summed E-state index contributed by atoms with van der Waals surface area (Å²) in [7, 11) is 2.73. The van der Waals surface area contributed by atoms with Crippen molar-refractivity contribution in [3.63, 3.8) is 0 Å². The van der Waals surface area contributed by atoms with Gasteiger partial charge in [0.25, 0.3) is 11.1 Å². The van der Waals surface area contributed by atoms with E-state index in [0.29, 0.717) is 83.3 Å². The average Bonchev–Trinajstić information content (AvgIpc) is 4.07. The van der Waals surface area contributed by atoms with Crippen molar-refractivity contribution < 1.29 is 45.3 Å². The van der Waals surface area contributed by atoms with Gasteiger partial charge in [0, 0.05) is 79.3 Å². The lowest BCUT2D eigenvalue weighted by Gasteiger charge is -2.30. The summed E-state index contributed by atoms with van der Waals surface area (Å²) in [5.41, 5.74) is 1.96. The van der Waals surface area contributed by atoms with E-state index in [1.165, 1.54) is 92.3 Å². The molecular formula is C58H56F6N4O6S2. The number of halogens is 6. The van der Waals surface area contributed by atoms with E-state index in [0.717, 1.165) is 18.8 Å². The van der Waals surface area contributed by atoms with Crippen LogP contribution in [0.2, 0.25) is 0 Å². The molecule has 3 aliphatic rings. The van der Waals surface area contributed by atoms with Gasteiger partial charge in [-0.1, -0.05) is 54.6 Å². The first-order chi connectivity index (χ1) is 36.8. The van der Waals surface area contributed by atoms with E-state index in [9.17, 15) is 27.2 Å². The van der Waals surface area contributed by atoms with Gasteiger partial charge in [0.05, 0.1) is 60.7 Å². The lowest BCUT2D eigenvalue weighted by Crippen LogP contribution is -2.41. The van der Waals surface area contributed by atoms with Crippen molar-refractivity contribution in [1.82, 2.24) is 19.4 Å². The number of morpholine rings is 1. The predicted molar refractivity (Wildman–Crippen MR) is 285 cm³/mol. The van der Waals surface area contributed by atoms with Gasteiger partial charge >= 0.3 is 0 Å². The first-order valence-corrected chi connectivity index (χ1v) is 26.8. The fraction of sp³-hybridized carbons (Fsp3) is 0.310. The van der Waals surface area contributed by atoms with Crippen LogP contribution in [0.1, 0.15) is 45.5 Å². The van der Waals surface area contributed by atoms with E-state index in [1.807, 2.05) is 30.3 Å². The number of rotatable bonds is 16. The summed E-state index contributed by atoms with van der Waals surface area (Å²) < 4.78 is 114. The maximum Gasteiger partial charge on any atom is 0.260 e. The topological polar surface area (TPSA) is 96.2 Å². The standard InChI is InChI=1S/C31H29F3N2O3S.C27H27F3N2O3S/c1-19-23(16-24-25(32)11-7-12-26(24)33)31-36(30(37)28(19)22-10-6-13-27(38-2)29(22)34)20(18-40-31)17-35-14-15-39-21-8-4-3-5-9-21;1-16-19(13-20-21(28)6-4-7-22(20)29)27-32(17(15-36-27)14-31-9-11-35-12-10-31)26(33)24(16)18-5-3-8-23(34-2)25(18)30/h3-13,20,35H,14-18H2,1-2H3;3-8,17H,9-15H2,1-2H3. The zero-order valence-corrected chi connectivity index (χ0v) is 44.0. The van der Waals surface area contributed by atoms with Crippen LogP contribution >= 0.6 is 23.5 Å². The minimum atomic E-state index is -0.668. The van der Waals surface area contributed by atoms with Gasteiger partial charge < -0.3 is 24.3 Å². The largest absolute Gasteiger partial charge is 0.494 e. The summed E-state index contributed by atoms with van der Waals surface area (Å²) in [6.07, 6.45) is -0.119. The Labute approximate surface area is 445 Å². The van der Waals surface area contributed by atoms with Gasteiger partial charge in [0.1, 0.15) is 35.6 Å². The third-order valence-corrected chi connectivity index (χ3v) is 16.5. The molecule has 5 heterocycles. The molecule has 1 fully saturated rings. The predicted octanol–water partition coefficient (Wildman–Crippen LogP) is 11.0. The number of para-hydroxylation sites is 1. The normalized spacial score (nSPS) is 16.0. The molecule has 5 aromatic carbocycles. The van der Waals surface area contributed by atoms with Gasteiger partial charge in [-0.2, -0.15) is 0 Å². The van der Waals surface area contributed by atoms with Crippen molar-refractivity contribution in [3.8, 4) is 39.5 Å². The number of hydrogen-bond donors (Lipinski definition) is 1. The number of nitrogens with zero attached hydrogens (tertiary/aromatic N) is 3. The van der Waals surface area contributed by atoms with Crippen LogP contribution in [0.3, 0.4) is 0 Å². The summed E-state index contributed by atoms with van der Waals surface area (Å²) in [4.78, 5) is 30.2. The van der Waals surface area contributed by atoms with Crippen LogP contribution in [0.5, 0.6) is 17.2 Å². The number of aromatic nitrogens is 2. The molecule has 3 aliphatic heterocycles. The third kappa shape index (κ3) is 11.2. The monoisotopic (exact) mass is 1080 g/mol. The van der Waals surface area contributed by atoms with Crippen LogP contribution in [0.25, 0.3) is 22.3 Å². The summed E-state index contributed by atoms with van der Waals surface area (Å²) in [5, 5.41) is 4.67. The number of benzene rings is 5. The number of thioether (sulfide) groups is 2. The molecule has 2 atom stereocenters. The van der Waals surface area contributed by atoms with E-state index in [1.54, 1.807) is 41.2 Å². The lowest BCUT2D eigenvalue weighted by molar-refractivity contribution is 0.0325. The molecule has 0 amide bonds. The zero-order valence-electron chi connectivity index (χ0n) is 42.3. The number of ether oxygens (including phenoxy) is 4. The highest BCUT2D eigenvalue weighted by molar-refractivity contribution is 7.99. The minimum Gasteiger partial charge on any atom is -0.494 e. The second kappa shape index (κ2) is 24.3. The third-order valence-electron chi connectivity index (χ3n) is 14.0. The molecule has 2 unspecified atom stereocenters. The van der Waals surface area contributed by atoms with Crippen LogP contribution in [0.15, 0.2) is 123 Å². The van der Waals surface area contributed by atoms with Gasteiger partial charge in [0.15, 0.2) is 23.1 Å². The summed E-state index contributed by atoms with van der Waals surface area (Å²) >= 11 is 2.97. The first kappa shape index (κ1) is 54.4. The Balaban J connectivity index is 0.000000187. The molecule has 0 bridgehead atoms. The van der Waals surface area contributed by atoms with Crippen LogP contribution < -0.4 is 30.6 Å². The molecule has 0 saturated carbocycles. The highest BCUT2D eigenvalue weighted by Gasteiger charge is 2.35. The molecule has 10 nitrogen and oxygen atoms in total. The fourth-order valence-electron chi connectivity index (χ4n) is 10.1. The maximum absolute atomic E-state index is 15.5. The molecule has 2 aromatic heterocycles. The zero-order chi connectivity index (χ0) is 53.6. The van der Waals surface area contributed by atoms with Crippen LogP contribution in [0, 0.1) is 48.8 Å². The van der Waals surface area contributed by atoms with Gasteiger partial charge in [-0.3, -0.25) is 23.6 Å². The summed E-state index contributed by atoms with van der Waals surface area (Å²) in [5.74, 6) is -1.91.